The number of hydrogen-bond donors (Lipinski definition) is 1. The van der Waals surface area contributed by atoms with E-state index in [-0.39, 0.29) is 6.10 Å². The van der Waals surface area contributed by atoms with E-state index in [4.69, 9.17) is 16.9 Å². The van der Waals surface area contributed by atoms with Crippen LogP contribution < -0.4 is 5.73 Å². The third kappa shape index (κ3) is 5.64. The summed E-state index contributed by atoms with van der Waals surface area (Å²) in [6.07, 6.45) is 6.45. The molecular weight excluding hydrogens is 164 g/mol. The normalized spacial score (nSPS) is 12.8. The van der Waals surface area contributed by atoms with E-state index >= 15 is 0 Å². The number of methoxy groups -OCH3 is 1. The molecule has 0 saturated carbocycles. The largest absolute Gasteiger partial charge is 0.379 e. The van der Waals surface area contributed by atoms with Gasteiger partial charge in [0.05, 0.1) is 12.6 Å². The highest BCUT2D eigenvalue weighted by Gasteiger charge is 2.10. The maximum atomic E-state index is 5.52. The summed E-state index contributed by atoms with van der Waals surface area (Å²) >= 11 is 0. The van der Waals surface area contributed by atoms with Crippen LogP contribution in [0.15, 0.2) is 0 Å². The minimum atomic E-state index is 0.0971. The lowest BCUT2D eigenvalue weighted by molar-refractivity contribution is 0.0743. The second-order valence-corrected chi connectivity index (χ2v) is 3.03. The van der Waals surface area contributed by atoms with Crippen molar-refractivity contribution in [1.29, 1.82) is 0 Å². The van der Waals surface area contributed by atoms with E-state index < -0.39 is 0 Å². The van der Waals surface area contributed by atoms with E-state index in [1.165, 1.54) is 0 Å². The van der Waals surface area contributed by atoms with Crippen LogP contribution in [0.4, 0.5) is 0 Å². The number of nitrogens with two attached hydrogens (primary N) is 1. The number of ether oxygens (including phenoxy) is 1. The van der Waals surface area contributed by atoms with Crippen molar-refractivity contribution < 1.29 is 4.74 Å². The molecule has 0 heterocycles. The van der Waals surface area contributed by atoms with Gasteiger partial charge < -0.3 is 10.5 Å². The number of terminal acetylenes is 1. The molecule has 13 heavy (non-hydrogen) atoms. The zero-order valence-corrected chi connectivity index (χ0v) is 8.62. The molecule has 1 unspecified atom stereocenters. The second kappa shape index (κ2) is 8.06. The van der Waals surface area contributed by atoms with E-state index in [2.05, 4.69) is 17.7 Å². The fourth-order valence-electron chi connectivity index (χ4n) is 1.21. The van der Waals surface area contributed by atoms with Gasteiger partial charge in [0.2, 0.25) is 0 Å². The summed E-state index contributed by atoms with van der Waals surface area (Å²) in [7, 11) is 1.68. The molecule has 0 aliphatic carbocycles. The molecule has 0 rings (SSSR count). The summed E-state index contributed by atoms with van der Waals surface area (Å²) in [5.41, 5.74) is 5.52. The van der Waals surface area contributed by atoms with Crippen LogP contribution in [0.2, 0.25) is 0 Å². The van der Waals surface area contributed by atoms with E-state index in [1.54, 1.807) is 7.11 Å². The lowest BCUT2D eigenvalue weighted by Gasteiger charge is -2.23. The van der Waals surface area contributed by atoms with Crippen molar-refractivity contribution in [2.75, 3.05) is 33.3 Å². The highest BCUT2D eigenvalue weighted by atomic mass is 16.5. The molecule has 3 heteroatoms. The monoisotopic (exact) mass is 184 g/mol. The minimum absolute atomic E-state index is 0.0971. The molecule has 0 aliphatic heterocycles. The molecule has 0 aliphatic rings. The second-order valence-electron chi connectivity index (χ2n) is 3.03. The van der Waals surface area contributed by atoms with Gasteiger partial charge in [-0.3, -0.25) is 4.90 Å². The van der Waals surface area contributed by atoms with Crippen LogP contribution in [0.1, 0.15) is 13.3 Å². The lowest BCUT2D eigenvalue weighted by Crippen LogP contribution is -2.38. The SMILES string of the molecule is C#CCN(CCC)CC(CN)OC. The smallest absolute Gasteiger partial charge is 0.0820 e. The van der Waals surface area contributed by atoms with Gasteiger partial charge >= 0.3 is 0 Å². The van der Waals surface area contributed by atoms with Crippen molar-refractivity contribution in [3.05, 3.63) is 0 Å². The van der Waals surface area contributed by atoms with Gasteiger partial charge in [0, 0.05) is 20.2 Å². The first-order valence-corrected chi connectivity index (χ1v) is 4.67. The summed E-state index contributed by atoms with van der Waals surface area (Å²) in [5, 5.41) is 0. The quantitative estimate of drug-likeness (QED) is 0.579. The van der Waals surface area contributed by atoms with Crippen molar-refractivity contribution in [2.24, 2.45) is 5.73 Å². The van der Waals surface area contributed by atoms with E-state index in [0.717, 1.165) is 19.5 Å². The highest BCUT2D eigenvalue weighted by Crippen LogP contribution is 1.96. The van der Waals surface area contributed by atoms with Crippen LogP contribution >= 0.6 is 0 Å². The Hall–Kier alpha value is -0.560. The average Bonchev–Trinajstić information content (AvgIpc) is 2.14. The molecule has 0 aromatic rings. The molecule has 0 aromatic heterocycles. The molecule has 2 N–H and O–H groups in total. The number of rotatable bonds is 7. The molecule has 0 fully saturated rings. The molecular formula is C10H20N2O. The van der Waals surface area contributed by atoms with Gasteiger partial charge in [0.25, 0.3) is 0 Å². The summed E-state index contributed by atoms with van der Waals surface area (Å²) in [6, 6.07) is 0. The Bertz CT molecular complexity index is 149. The van der Waals surface area contributed by atoms with E-state index in [0.29, 0.717) is 13.1 Å². The van der Waals surface area contributed by atoms with Crippen LogP contribution in [0.5, 0.6) is 0 Å². The lowest BCUT2D eigenvalue weighted by atomic mass is 10.3. The van der Waals surface area contributed by atoms with Crippen LogP contribution in [-0.2, 0) is 4.74 Å². The predicted molar refractivity (Wildman–Crippen MR) is 55.4 cm³/mol. The first-order chi connectivity index (χ1) is 6.28. The predicted octanol–water partition coefficient (Wildman–Crippen LogP) is 0.305. The Balaban J connectivity index is 3.85. The van der Waals surface area contributed by atoms with Gasteiger partial charge in [-0.25, -0.2) is 0 Å². The van der Waals surface area contributed by atoms with Crippen molar-refractivity contribution in [3.8, 4) is 12.3 Å². The van der Waals surface area contributed by atoms with Crippen molar-refractivity contribution >= 4 is 0 Å². The Labute approximate surface area is 81.2 Å². The Morgan fingerprint density at radius 2 is 2.31 bits per heavy atom. The maximum Gasteiger partial charge on any atom is 0.0820 e. The molecule has 76 valence electrons. The summed E-state index contributed by atoms with van der Waals surface area (Å²) in [6.45, 7) is 5.18. The fraction of sp³-hybridized carbons (Fsp3) is 0.800. The fourth-order valence-corrected chi connectivity index (χ4v) is 1.21. The molecule has 0 amide bonds. The first kappa shape index (κ1) is 12.4. The van der Waals surface area contributed by atoms with Gasteiger partial charge in [-0.15, -0.1) is 6.42 Å². The topological polar surface area (TPSA) is 38.5 Å². The van der Waals surface area contributed by atoms with Crippen molar-refractivity contribution in [1.82, 2.24) is 4.90 Å². The van der Waals surface area contributed by atoms with Gasteiger partial charge in [0.1, 0.15) is 0 Å². The maximum absolute atomic E-state index is 5.52. The average molecular weight is 184 g/mol. The zero-order chi connectivity index (χ0) is 10.1. The van der Waals surface area contributed by atoms with Crippen molar-refractivity contribution in [2.45, 2.75) is 19.4 Å². The standard InChI is InChI=1S/C10H20N2O/c1-4-6-12(7-5-2)9-10(8-11)13-3/h1,10H,5-9,11H2,2-3H3. The van der Waals surface area contributed by atoms with Gasteiger partial charge in [-0.1, -0.05) is 12.8 Å². The Kier molecular flexibility index (Phi) is 7.71. The van der Waals surface area contributed by atoms with Crippen LogP contribution in [0.25, 0.3) is 0 Å². The van der Waals surface area contributed by atoms with Crippen LogP contribution in [0, 0.1) is 12.3 Å². The molecule has 0 bridgehead atoms. The number of nitrogens with zero attached hydrogens (tertiary/aromatic N) is 1. The van der Waals surface area contributed by atoms with Crippen LogP contribution in [0.3, 0.4) is 0 Å². The van der Waals surface area contributed by atoms with Crippen LogP contribution in [-0.4, -0.2) is 44.3 Å². The Morgan fingerprint density at radius 3 is 2.69 bits per heavy atom. The molecule has 0 spiro atoms. The molecule has 0 radical (unpaired) electrons. The zero-order valence-electron chi connectivity index (χ0n) is 8.62. The molecule has 1 atom stereocenters. The summed E-state index contributed by atoms with van der Waals surface area (Å²) < 4.78 is 5.19. The van der Waals surface area contributed by atoms with Crippen molar-refractivity contribution in [3.63, 3.8) is 0 Å². The molecule has 0 aromatic carbocycles. The summed E-state index contributed by atoms with van der Waals surface area (Å²) in [5.74, 6) is 2.64. The first-order valence-electron chi connectivity index (χ1n) is 4.67. The van der Waals surface area contributed by atoms with E-state index in [9.17, 15) is 0 Å². The van der Waals surface area contributed by atoms with Gasteiger partial charge in [0.15, 0.2) is 0 Å². The third-order valence-electron chi connectivity index (χ3n) is 1.91. The highest BCUT2D eigenvalue weighted by molar-refractivity contribution is 4.88. The van der Waals surface area contributed by atoms with E-state index in [1.807, 2.05) is 0 Å². The Morgan fingerprint density at radius 1 is 1.62 bits per heavy atom. The molecule has 0 saturated heterocycles. The number of hydrogen-bond acceptors (Lipinski definition) is 3. The van der Waals surface area contributed by atoms with Gasteiger partial charge in [-0.05, 0) is 13.0 Å². The molecule has 3 nitrogen and oxygen atoms in total. The third-order valence-corrected chi connectivity index (χ3v) is 1.91. The van der Waals surface area contributed by atoms with Gasteiger partial charge in [-0.2, -0.15) is 0 Å². The minimum Gasteiger partial charge on any atom is -0.379 e. The summed E-state index contributed by atoms with van der Waals surface area (Å²) in [4.78, 5) is 2.18.